The van der Waals surface area contributed by atoms with Gasteiger partial charge in [0.25, 0.3) is 0 Å². The molecule has 1 saturated carbocycles. The first-order valence-electron chi connectivity index (χ1n) is 8.31. The van der Waals surface area contributed by atoms with Gasteiger partial charge in [-0.05, 0) is 32.1 Å². The predicted octanol–water partition coefficient (Wildman–Crippen LogP) is 2.82. The molecular weight excluding hydrogens is 335 g/mol. The first-order valence-corrected chi connectivity index (χ1v) is 8.69. The smallest absolute Gasteiger partial charge is 0.227 e. The third kappa shape index (κ3) is 3.78. The second kappa shape index (κ2) is 7.61. The van der Waals surface area contributed by atoms with Crippen LogP contribution in [0.2, 0.25) is 5.15 Å². The molecule has 1 atom stereocenters. The number of anilines is 2. The van der Waals surface area contributed by atoms with E-state index >= 15 is 0 Å². The number of carbonyl (C=O) groups is 1. The summed E-state index contributed by atoms with van der Waals surface area (Å²) in [4.78, 5) is 22.6. The lowest BCUT2D eigenvalue weighted by molar-refractivity contribution is -0.121. The molecule has 1 aliphatic heterocycles. The van der Waals surface area contributed by atoms with Crippen molar-refractivity contribution in [3.8, 4) is 0 Å². The lowest BCUT2D eigenvalue weighted by Gasteiger charge is -2.27. The maximum absolute atomic E-state index is 13.5. The number of halogens is 2. The summed E-state index contributed by atoms with van der Waals surface area (Å²) in [6.07, 6.45) is 4.44. The standard InChI is InChI=1S/C16H22ClFN4O2/c1-24-12-4-2-10(3-5-12)16(23)21-13-14(17)19-9-20-15(13)22-7-6-11(18)8-22/h9-12H,2-8H2,1H3,(H,21,23)/t10?,11-,12?/m0/s1. The highest BCUT2D eigenvalue weighted by Crippen LogP contribution is 2.34. The summed E-state index contributed by atoms with van der Waals surface area (Å²) in [5.41, 5.74) is 0.382. The van der Waals surface area contributed by atoms with Crippen LogP contribution in [0, 0.1) is 5.92 Å². The maximum Gasteiger partial charge on any atom is 0.227 e. The van der Waals surface area contributed by atoms with Crippen LogP contribution in [0.25, 0.3) is 0 Å². The molecule has 3 rings (SSSR count). The second-order valence-electron chi connectivity index (χ2n) is 6.39. The van der Waals surface area contributed by atoms with Crippen molar-refractivity contribution >= 4 is 29.0 Å². The number of methoxy groups -OCH3 is 1. The van der Waals surface area contributed by atoms with Gasteiger partial charge >= 0.3 is 0 Å². The SMILES string of the molecule is COC1CCC(C(=O)Nc2c(Cl)ncnc2N2CC[C@H](F)C2)CC1. The number of nitrogens with zero attached hydrogens (tertiary/aromatic N) is 3. The molecular formula is C16H22ClFN4O2. The summed E-state index contributed by atoms with van der Waals surface area (Å²) in [5, 5.41) is 3.05. The molecule has 1 amide bonds. The van der Waals surface area contributed by atoms with Gasteiger partial charge in [0.2, 0.25) is 5.91 Å². The number of aromatic nitrogens is 2. The Morgan fingerprint density at radius 3 is 2.71 bits per heavy atom. The molecule has 1 aromatic rings. The van der Waals surface area contributed by atoms with E-state index in [9.17, 15) is 9.18 Å². The number of nitrogens with one attached hydrogen (secondary N) is 1. The zero-order chi connectivity index (χ0) is 17.1. The van der Waals surface area contributed by atoms with Crippen molar-refractivity contribution in [1.29, 1.82) is 0 Å². The van der Waals surface area contributed by atoms with Gasteiger partial charge in [0.1, 0.15) is 18.2 Å². The van der Waals surface area contributed by atoms with E-state index in [1.807, 2.05) is 0 Å². The first-order chi connectivity index (χ1) is 11.6. The fourth-order valence-electron chi connectivity index (χ4n) is 3.40. The normalized spacial score (nSPS) is 27.3. The van der Waals surface area contributed by atoms with E-state index in [2.05, 4.69) is 15.3 Å². The Bertz CT molecular complexity index is 595. The molecule has 8 heteroatoms. The summed E-state index contributed by atoms with van der Waals surface area (Å²) in [7, 11) is 1.70. The Hall–Kier alpha value is -1.47. The monoisotopic (exact) mass is 356 g/mol. The average molecular weight is 357 g/mol. The minimum absolute atomic E-state index is 0.0759. The quantitative estimate of drug-likeness (QED) is 0.840. The van der Waals surface area contributed by atoms with Crippen LogP contribution < -0.4 is 10.2 Å². The Labute approximate surface area is 145 Å². The Balaban J connectivity index is 1.71. The van der Waals surface area contributed by atoms with E-state index in [-0.39, 0.29) is 29.6 Å². The molecule has 1 N–H and O–H groups in total. The summed E-state index contributed by atoms with van der Waals surface area (Å²) < 4.78 is 18.8. The van der Waals surface area contributed by atoms with E-state index in [0.717, 1.165) is 25.7 Å². The number of amides is 1. The number of ether oxygens (including phenoxy) is 1. The molecule has 0 unspecified atom stereocenters. The lowest BCUT2D eigenvalue weighted by Crippen LogP contribution is -2.31. The van der Waals surface area contributed by atoms with Gasteiger partial charge in [0.05, 0.1) is 12.6 Å². The van der Waals surface area contributed by atoms with E-state index in [1.165, 1.54) is 6.33 Å². The molecule has 0 radical (unpaired) electrons. The molecule has 0 aromatic carbocycles. The summed E-state index contributed by atoms with van der Waals surface area (Å²) in [6, 6.07) is 0. The van der Waals surface area contributed by atoms with Crippen LogP contribution in [0.3, 0.4) is 0 Å². The van der Waals surface area contributed by atoms with E-state index in [4.69, 9.17) is 16.3 Å². The minimum atomic E-state index is -0.883. The lowest BCUT2D eigenvalue weighted by atomic mass is 9.87. The van der Waals surface area contributed by atoms with Crippen LogP contribution in [-0.4, -0.2) is 48.4 Å². The molecule has 2 fully saturated rings. The fraction of sp³-hybridized carbons (Fsp3) is 0.688. The highest BCUT2D eigenvalue weighted by molar-refractivity contribution is 6.33. The molecule has 2 aliphatic rings. The number of hydrogen-bond acceptors (Lipinski definition) is 5. The number of carbonyl (C=O) groups excluding carboxylic acids is 1. The third-order valence-electron chi connectivity index (χ3n) is 4.84. The van der Waals surface area contributed by atoms with Crippen molar-refractivity contribution < 1.29 is 13.9 Å². The summed E-state index contributed by atoms with van der Waals surface area (Å²) in [5.74, 6) is 0.334. The van der Waals surface area contributed by atoms with Gasteiger partial charge in [0, 0.05) is 19.6 Å². The van der Waals surface area contributed by atoms with Crippen molar-refractivity contribution in [2.45, 2.75) is 44.4 Å². The molecule has 2 heterocycles. The summed E-state index contributed by atoms with van der Waals surface area (Å²) >= 11 is 6.17. The molecule has 1 saturated heterocycles. The fourth-order valence-corrected chi connectivity index (χ4v) is 3.57. The van der Waals surface area contributed by atoms with Gasteiger partial charge < -0.3 is 15.0 Å². The Morgan fingerprint density at radius 2 is 2.08 bits per heavy atom. The van der Waals surface area contributed by atoms with Crippen molar-refractivity contribution in [3.63, 3.8) is 0 Å². The summed E-state index contributed by atoms with van der Waals surface area (Å²) in [6.45, 7) is 0.811. The van der Waals surface area contributed by atoms with Crippen molar-refractivity contribution in [2.24, 2.45) is 5.92 Å². The van der Waals surface area contributed by atoms with Crippen LogP contribution >= 0.6 is 11.6 Å². The zero-order valence-electron chi connectivity index (χ0n) is 13.7. The second-order valence-corrected chi connectivity index (χ2v) is 6.75. The van der Waals surface area contributed by atoms with Gasteiger partial charge in [-0.15, -0.1) is 0 Å². The number of rotatable bonds is 4. The van der Waals surface area contributed by atoms with Crippen LogP contribution in [0.15, 0.2) is 6.33 Å². The predicted molar refractivity (Wildman–Crippen MR) is 90.2 cm³/mol. The van der Waals surface area contributed by atoms with E-state index in [1.54, 1.807) is 12.0 Å². The van der Waals surface area contributed by atoms with Crippen molar-refractivity contribution in [3.05, 3.63) is 11.5 Å². The van der Waals surface area contributed by atoms with Crippen molar-refractivity contribution in [1.82, 2.24) is 9.97 Å². The van der Waals surface area contributed by atoms with Gasteiger partial charge in [-0.25, -0.2) is 14.4 Å². The molecule has 1 aromatic heterocycles. The van der Waals surface area contributed by atoms with Gasteiger partial charge in [-0.1, -0.05) is 11.6 Å². The van der Waals surface area contributed by atoms with Crippen molar-refractivity contribution in [2.75, 3.05) is 30.4 Å². The van der Waals surface area contributed by atoms with Crippen LogP contribution in [-0.2, 0) is 9.53 Å². The number of hydrogen-bond donors (Lipinski definition) is 1. The van der Waals surface area contributed by atoms with E-state index < -0.39 is 6.17 Å². The average Bonchev–Trinajstić information content (AvgIpc) is 3.03. The van der Waals surface area contributed by atoms with Gasteiger partial charge in [-0.3, -0.25) is 4.79 Å². The highest BCUT2D eigenvalue weighted by Gasteiger charge is 2.30. The molecule has 24 heavy (non-hydrogen) atoms. The topological polar surface area (TPSA) is 67.3 Å². The highest BCUT2D eigenvalue weighted by atomic mass is 35.5. The molecule has 0 bridgehead atoms. The first kappa shape index (κ1) is 17.4. The molecule has 132 valence electrons. The molecule has 1 aliphatic carbocycles. The van der Waals surface area contributed by atoms with Crippen LogP contribution in [0.1, 0.15) is 32.1 Å². The Morgan fingerprint density at radius 1 is 1.33 bits per heavy atom. The maximum atomic E-state index is 13.5. The van der Waals surface area contributed by atoms with Crippen LogP contribution in [0.4, 0.5) is 15.9 Å². The van der Waals surface area contributed by atoms with Gasteiger partial charge in [0.15, 0.2) is 11.0 Å². The minimum Gasteiger partial charge on any atom is -0.381 e. The van der Waals surface area contributed by atoms with Crippen LogP contribution in [0.5, 0.6) is 0 Å². The Kier molecular flexibility index (Phi) is 5.50. The largest absolute Gasteiger partial charge is 0.381 e. The molecule has 6 nitrogen and oxygen atoms in total. The van der Waals surface area contributed by atoms with E-state index in [0.29, 0.717) is 24.5 Å². The molecule has 0 spiro atoms. The number of alkyl halides is 1. The van der Waals surface area contributed by atoms with Gasteiger partial charge in [-0.2, -0.15) is 0 Å². The third-order valence-corrected chi connectivity index (χ3v) is 5.12. The zero-order valence-corrected chi connectivity index (χ0v) is 14.4.